The molecule has 0 saturated carbocycles. The van der Waals surface area contributed by atoms with Crippen LogP contribution in [0.5, 0.6) is 0 Å². The number of anilines is 3. The predicted molar refractivity (Wildman–Crippen MR) is 150 cm³/mol. The molecular formula is C26H26N8O8. The number of aromatic carboxylic acids is 1. The normalized spacial score (nSPS) is 11.0. The number of aliphatic carboxylic acids is 2. The Kier molecular flexibility index (Phi) is 10.0. The first-order chi connectivity index (χ1) is 19.9. The molecule has 0 unspecified atom stereocenters. The first kappa shape index (κ1) is 30.5. The van der Waals surface area contributed by atoms with Gasteiger partial charge < -0.3 is 37.4 Å². The number of benzene rings is 2. The molecule has 0 fully saturated rings. The largest absolute Gasteiger partial charge is 0.481 e. The molecule has 16 heteroatoms. The maximum absolute atomic E-state index is 12.3. The highest BCUT2D eigenvalue weighted by Crippen LogP contribution is 2.12. The Morgan fingerprint density at radius 2 is 1.55 bits per heavy atom. The number of rotatable bonds is 10. The summed E-state index contributed by atoms with van der Waals surface area (Å²) in [6, 6.07) is 10.9. The lowest BCUT2D eigenvalue weighted by Gasteiger charge is -2.14. The summed E-state index contributed by atoms with van der Waals surface area (Å²) in [4.78, 5) is 70.8. The Morgan fingerprint density at radius 3 is 2.14 bits per heavy atom. The third kappa shape index (κ3) is 8.73. The number of nitrogens with zero attached hydrogens (tertiary/aromatic N) is 3. The fourth-order valence-electron chi connectivity index (χ4n) is 3.38. The average Bonchev–Trinajstić information content (AvgIpc) is 2.94. The van der Waals surface area contributed by atoms with E-state index in [4.69, 9.17) is 26.8 Å². The van der Waals surface area contributed by atoms with Gasteiger partial charge in [-0.15, -0.1) is 0 Å². The zero-order valence-corrected chi connectivity index (χ0v) is 21.8. The smallest absolute Gasteiger partial charge is 0.335 e. The van der Waals surface area contributed by atoms with Crippen LogP contribution in [0.2, 0.25) is 0 Å². The minimum Gasteiger partial charge on any atom is -0.481 e. The molecule has 2 heterocycles. The standard InChI is InChI=1S/C19H19N7O6.C7H7NO2/c20-19-25-15-14(17(30)26-19)23-11(8-22-15)7-21-10-3-1-9(2-4-10)16(29)24-12(18(31)32)5-6-13(27)28;8-6-3-1-5(2-4-6)7(9)10/h1-4,8,12,21H,5-7H2,(H,24,29)(H,27,28)(H,31,32)(H3,20,22,25,26,30);1-4H,8H2,(H,9,10)/t12-;/m0./s1. The lowest BCUT2D eigenvalue weighted by atomic mass is 10.1. The van der Waals surface area contributed by atoms with Gasteiger partial charge in [0, 0.05) is 23.4 Å². The molecule has 42 heavy (non-hydrogen) atoms. The number of amides is 1. The number of H-pyrrole nitrogens is 1. The number of nitrogens with one attached hydrogen (secondary N) is 3. The van der Waals surface area contributed by atoms with Gasteiger partial charge in [-0.1, -0.05) is 0 Å². The molecule has 0 aliphatic rings. The van der Waals surface area contributed by atoms with E-state index in [2.05, 4.69) is 30.6 Å². The Labute approximate surface area is 236 Å². The second-order valence-corrected chi connectivity index (χ2v) is 8.64. The van der Waals surface area contributed by atoms with Crippen LogP contribution < -0.4 is 27.7 Å². The topological polar surface area (TPSA) is 277 Å². The number of nitrogens with two attached hydrogens (primary N) is 2. The molecule has 0 radical (unpaired) electrons. The van der Waals surface area contributed by atoms with Gasteiger partial charge in [0.2, 0.25) is 5.95 Å². The van der Waals surface area contributed by atoms with E-state index >= 15 is 0 Å². The number of aromatic nitrogens is 4. The maximum atomic E-state index is 12.3. The summed E-state index contributed by atoms with van der Waals surface area (Å²) in [5, 5.41) is 31.6. The van der Waals surface area contributed by atoms with Crippen molar-refractivity contribution in [1.29, 1.82) is 0 Å². The van der Waals surface area contributed by atoms with Crippen molar-refractivity contribution in [2.24, 2.45) is 0 Å². The summed E-state index contributed by atoms with van der Waals surface area (Å²) in [7, 11) is 0. The van der Waals surface area contributed by atoms with Gasteiger partial charge >= 0.3 is 17.9 Å². The quantitative estimate of drug-likeness (QED) is 0.122. The second-order valence-electron chi connectivity index (χ2n) is 8.64. The summed E-state index contributed by atoms with van der Waals surface area (Å²) in [6.45, 7) is 0.231. The van der Waals surface area contributed by atoms with E-state index < -0.39 is 35.4 Å². The zero-order chi connectivity index (χ0) is 30.8. The molecule has 4 aromatic rings. The molecule has 0 bridgehead atoms. The second kappa shape index (κ2) is 13.8. The number of aromatic amines is 1. The third-order valence-corrected chi connectivity index (χ3v) is 5.51. The number of hydrogen-bond acceptors (Lipinski definition) is 11. The number of carbonyl (C=O) groups is 4. The molecule has 2 aromatic carbocycles. The van der Waals surface area contributed by atoms with Crippen molar-refractivity contribution < 1.29 is 34.5 Å². The SMILES string of the molecule is Nc1ccc(C(=O)O)cc1.Nc1nc2ncc(CNc3ccc(C(=O)N[C@@H](CCC(=O)O)C(=O)O)cc3)nc2c(=O)[nH]1. The van der Waals surface area contributed by atoms with Crippen molar-refractivity contribution >= 4 is 52.3 Å². The molecule has 16 nitrogen and oxygen atoms in total. The van der Waals surface area contributed by atoms with Gasteiger partial charge in [0.1, 0.15) is 6.04 Å². The maximum Gasteiger partial charge on any atom is 0.335 e. The molecule has 0 saturated heterocycles. The van der Waals surface area contributed by atoms with Crippen LogP contribution in [-0.4, -0.2) is 65.1 Å². The first-order valence-corrected chi connectivity index (χ1v) is 12.1. The summed E-state index contributed by atoms with van der Waals surface area (Å²) < 4.78 is 0. The molecule has 0 spiro atoms. The van der Waals surface area contributed by atoms with Gasteiger partial charge in [0.15, 0.2) is 11.2 Å². The van der Waals surface area contributed by atoms with Crippen molar-refractivity contribution in [3.63, 3.8) is 0 Å². The monoisotopic (exact) mass is 578 g/mol. The Morgan fingerprint density at radius 1 is 0.905 bits per heavy atom. The highest BCUT2D eigenvalue weighted by molar-refractivity contribution is 5.97. The minimum absolute atomic E-state index is 0.0524. The average molecular weight is 579 g/mol. The Hall–Kier alpha value is -6.06. The zero-order valence-electron chi connectivity index (χ0n) is 21.8. The summed E-state index contributed by atoms with van der Waals surface area (Å²) in [5.41, 5.74) is 12.6. The van der Waals surface area contributed by atoms with Crippen LogP contribution in [-0.2, 0) is 16.1 Å². The van der Waals surface area contributed by atoms with Crippen molar-refractivity contribution in [1.82, 2.24) is 25.3 Å². The van der Waals surface area contributed by atoms with Crippen molar-refractivity contribution in [3.8, 4) is 0 Å². The third-order valence-electron chi connectivity index (χ3n) is 5.51. The van der Waals surface area contributed by atoms with E-state index in [0.717, 1.165) is 0 Å². The highest BCUT2D eigenvalue weighted by atomic mass is 16.4. The van der Waals surface area contributed by atoms with E-state index in [-0.39, 0.29) is 47.6 Å². The number of carboxylic acid groups (broad SMARTS) is 3. The molecule has 4 rings (SSSR count). The lowest BCUT2D eigenvalue weighted by Crippen LogP contribution is -2.41. The first-order valence-electron chi connectivity index (χ1n) is 12.1. The molecule has 218 valence electrons. The van der Waals surface area contributed by atoms with E-state index in [1.807, 2.05) is 0 Å². The van der Waals surface area contributed by atoms with Crippen LogP contribution in [0.25, 0.3) is 11.2 Å². The van der Waals surface area contributed by atoms with Crippen molar-refractivity contribution in [2.75, 3.05) is 16.8 Å². The van der Waals surface area contributed by atoms with Gasteiger partial charge in [0.05, 0.1) is 24.0 Å². The van der Waals surface area contributed by atoms with Crippen LogP contribution in [0.15, 0.2) is 59.5 Å². The lowest BCUT2D eigenvalue weighted by molar-refractivity contribution is -0.140. The molecule has 2 aromatic heterocycles. The van der Waals surface area contributed by atoms with Crippen LogP contribution >= 0.6 is 0 Å². The van der Waals surface area contributed by atoms with Crippen molar-refractivity contribution in [3.05, 3.63) is 81.9 Å². The van der Waals surface area contributed by atoms with Crippen LogP contribution in [0, 0.1) is 0 Å². The van der Waals surface area contributed by atoms with E-state index in [9.17, 15) is 24.0 Å². The predicted octanol–water partition coefficient (Wildman–Crippen LogP) is 0.922. The van der Waals surface area contributed by atoms with Gasteiger partial charge in [-0.25, -0.2) is 19.6 Å². The van der Waals surface area contributed by atoms with Gasteiger partial charge in [0.25, 0.3) is 11.5 Å². The Balaban J connectivity index is 0.000000408. The number of hydrogen-bond donors (Lipinski definition) is 8. The van der Waals surface area contributed by atoms with Gasteiger partial charge in [-0.3, -0.25) is 19.4 Å². The van der Waals surface area contributed by atoms with Crippen LogP contribution in [0.1, 0.15) is 39.3 Å². The summed E-state index contributed by atoms with van der Waals surface area (Å²) >= 11 is 0. The number of fused-ring (bicyclic) bond motifs is 1. The molecule has 0 aliphatic carbocycles. The van der Waals surface area contributed by atoms with Crippen LogP contribution in [0.4, 0.5) is 17.3 Å². The number of carbonyl (C=O) groups excluding carboxylic acids is 1. The Bertz CT molecular complexity index is 1660. The number of carboxylic acids is 3. The van der Waals surface area contributed by atoms with Crippen LogP contribution in [0.3, 0.4) is 0 Å². The van der Waals surface area contributed by atoms with Gasteiger partial charge in [-0.2, -0.15) is 4.98 Å². The summed E-state index contributed by atoms with van der Waals surface area (Å²) in [6.07, 6.45) is 0.840. The van der Waals surface area contributed by atoms with E-state index in [1.165, 1.54) is 30.5 Å². The highest BCUT2D eigenvalue weighted by Gasteiger charge is 2.21. The fourth-order valence-corrected chi connectivity index (χ4v) is 3.38. The molecular weight excluding hydrogens is 552 g/mol. The fraction of sp³-hybridized carbons (Fsp3) is 0.154. The minimum atomic E-state index is -1.31. The molecule has 0 aliphatic heterocycles. The summed E-state index contributed by atoms with van der Waals surface area (Å²) in [5.74, 6) is -4.09. The van der Waals surface area contributed by atoms with Gasteiger partial charge in [-0.05, 0) is 55.0 Å². The van der Waals surface area contributed by atoms with E-state index in [0.29, 0.717) is 17.1 Å². The molecule has 1 atom stereocenters. The molecule has 10 N–H and O–H groups in total. The van der Waals surface area contributed by atoms with Crippen molar-refractivity contribution in [2.45, 2.75) is 25.4 Å². The number of nitrogen functional groups attached to an aromatic ring is 2. The van der Waals surface area contributed by atoms with E-state index in [1.54, 1.807) is 24.3 Å². The molecule has 1 amide bonds.